The first-order valence-electron chi connectivity index (χ1n) is 8.60. The highest BCUT2D eigenvalue weighted by molar-refractivity contribution is 8.14. The number of methoxy groups -OCH3 is 1. The lowest BCUT2D eigenvalue weighted by molar-refractivity contribution is -0.121. The van der Waals surface area contributed by atoms with Gasteiger partial charge in [0.2, 0.25) is 5.91 Å². The average molecular weight is 423 g/mol. The van der Waals surface area contributed by atoms with E-state index >= 15 is 0 Å². The fourth-order valence-electron chi connectivity index (χ4n) is 2.78. The van der Waals surface area contributed by atoms with Crippen LogP contribution in [-0.2, 0) is 17.6 Å². The molecule has 0 saturated carbocycles. The van der Waals surface area contributed by atoms with Gasteiger partial charge in [-0.05, 0) is 41.8 Å². The molecule has 7 heteroatoms. The Morgan fingerprint density at radius 1 is 1.26 bits per heavy atom. The zero-order chi connectivity index (χ0) is 19.2. The Morgan fingerprint density at radius 3 is 2.74 bits per heavy atom. The number of hydrogen-bond donors (Lipinski definition) is 1. The summed E-state index contributed by atoms with van der Waals surface area (Å²) < 4.78 is 5.21. The van der Waals surface area contributed by atoms with Crippen LogP contribution in [0.1, 0.15) is 11.1 Å². The van der Waals surface area contributed by atoms with E-state index in [1.807, 2.05) is 42.5 Å². The topological polar surface area (TPSA) is 50.7 Å². The smallest absolute Gasteiger partial charge is 0.245 e. The van der Waals surface area contributed by atoms with Crippen molar-refractivity contribution in [1.29, 1.82) is 0 Å². The maximum absolute atomic E-state index is 12.4. The number of carbonyl (C=O) groups excluding carboxylic acids is 1. The van der Waals surface area contributed by atoms with Gasteiger partial charge in [0, 0.05) is 28.8 Å². The molecule has 1 N–H and O–H groups in total. The summed E-state index contributed by atoms with van der Waals surface area (Å²) >= 11 is 14.0. The summed E-state index contributed by atoms with van der Waals surface area (Å²) in [6.45, 7) is 0.564. The maximum Gasteiger partial charge on any atom is 0.245 e. The van der Waals surface area contributed by atoms with E-state index < -0.39 is 0 Å². The predicted molar refractivity (Wildman–Crippen MR) is 114 cm³/mol. The first-order valence-corrected chi connectivity index (χ1v) is 10.3. The van der Waals surface area contributed by atoms with E-state index in [9.17, 15) is 4.79 Å². The van der Waals surface area contributed by atoms with Gasteiger partial charge in [-0.1, -0.05) is 41.4 Å². The van der Waals surface area contributed by atoms with E-state index in [-0.39, 0.29) is 11.9 Å². The van der Waals surface area contributed by atoms with Crippen molar-refractivity contribution in [3.8, 4) is 5.75 Å². The molecule has 0 aromatic heterocycles. The highest BCUT2D eigenvalue weighted by Crippen LogP contribution is 2.29. The molecule has 3 rings (SSSR count). The molecule has 1 aliphatic rings. The second kappa shape index (κ2) is 9.49. The normalized spacial score (nSPS) is 16.1. The van der Waals surface area contributed by atoms with E-state index in [0.717, 1.165) is 28.3 Å². The molecule has 1 unspecified atom stereocenters. The summed E-state index contributed by atoms with van der Waals surface area (Å²) in [4.78, 5) is 16.9. The molecule has 1 atom stereocenters. The highest BCUT2D eigenvalue weighted by atomic mass is 35.5. The Bertz CT molecular complexity index is 837. The van der Waals surface area contributed by atoms with Gasteiger partial charge in [-0.3, -0.25) is 9.79 Å². The molecule has 27 heavy (non-hydrogen) atoms. The molecule has 0 aliphatic carbocycles. The van der Waals surface area contributed by atoms with E-state index in [2.05, 4.69) is 10.3 Å². The van der Waals surface area contributed by atoms with Gasteiger partial charge in [-0.15, -0.1) is 11.8 Å². The number of rotatable bonds is 7. The quantitative estimate of drug-likeness (QED) is 0.718. The molecular weight excluding hydrogens is 403 g/mol. The van der Waals surface area contributed by atoms with E-state index in [1.165, 1.54) is 0 Å². The van der Waals surface area contributed by atoms with Crippen LogP contribution in [0, 0.1) is 0 Å². The monoisotopic (exact) mass is 422 g/mol. The first kappa shape index (κ1) is 20.1. The minimum atomic E-state index is -0.364. The number of carbonyl (C=O) groups is 1. The number of nitrogens with one attached hydrogen (secondary N) is 1. The molecule has 2 aromatic carbocycles. The molecule has 142 valence electrons. The molecule has 1 aliphatic heterocycles. The Kier molecular flexibility index (Phi) is 7.05. The summed E-state index contributed by atoms with van der Waals surface area (Å²) in [5.74, 6) is 1.41. The summed E-state index contributed by atoms with van der Waals surface area (Å²) in [6.07, 6.45) is 1.30. The van der Waals surface area contributed by atoms with Gasteiger partial charge >= 0.3 is 0 Å². The van der Waals surface area contributed by atoms with Crippen molar-refractivity contribution in [3.63, 3.8) is 0 Å². The third-order valence-corrected chi connectivity index (χ3v) is 6.02. The Hall–Kier alpha value is -1.69. The van der Waals surface area contributed by atoms with E-state index in [1.54, 1.807) is 18.9 Å². The van der Waals surface area contributed by atoms with Gasteiger partial charge in [0.1, 0.15) is 11.8 Å². The van der Waals surface area contributed by atoms with Crippen molar-refractivity contribution in [2.45, 2.75) is 18.9 Å². The second-order valence-electron chi connectivity index (χ2n) is 6.12. The van der Waals surface area contributed by atoms with Crippen molar-refractivity contribution in [2.75, 3.05) is 19.4 Å². The van der Waals surface area contributed by atoms with Crippen LogP contribution >= 0.6 is 35.0 Å². The molecule has 0 fully saturated rings. The van der Waals surface area contributed by atoms with Gasteiger partial charge in [-0.2, -0.15) is 0 Å². The zero-order valence-electron chi connectivity index (χ0n) is 14.9. The molecule has 0 bridgehead atoms. The van der Waals surface area contributed by atoms with Gasteiger partial charge in [-0.25, -0.2) is 0 Å². The minimum Gasteiger partial charge on any atom is -0.497 e. The lowest BCUT2D eigenvalue weighted by Crippen LogP contribution is -2.35. The van der Waals surface area contributed by atoms with E-state index in [0.29, 0.717) is 28.8 Å². The van der Waals surface area contributed by atoms with Gasteiger partial charge in [0.05, 0.1) is 12.2 Å². The summed E-state index contributed by atoms with van der Waals surface area (Å²) in [7, 11) is 1.64. The number of thioether (sulfide) groups is 1. The zero-order valence-corrected chi connectivity index (χ0v) is 17.2. The van der Waals surface area contributed by atoms with Crippen LogP contribution in [0.3, 0.4) is 0 Å². The Labute approximate surface area is 173 Å². The van der Waals surface area contributed by atoms with Crippen molar-refractivity contribution < 1.29 is 9.53 Å². The van der Waals surface area contributed by atoms with Crippen molar-refractivity contribution in [3.05, 3.63) is 63.6 Å². The van der Waals surface area contributed by atoms with Gasteiger partial charge in [0.15, 0.2) is 0 Å². The van der Waals surface area contributed by atoms with Crippen LogP contribution in [0.15, 0.2) is 47.5 Å². The van der Waals surface area contributed by atoms with Crippen molar-refractivity contribution >= 4 is 45.9 Å². The van der Waals surface area contributed by atoms with Crippen molar-refractivity contribution in [1.82, 2.24) is 5.32 Å². The Morgan fingerprint density at radius 2 is 2.00 bits per heavy atom. The highest BCUT2D eigenvalue weighted by Gasteiger charge is 2.25. The fraction of sp³-hybridized carbons (Fsp3) is 0.300. The third-order valence-electron chi connectivity index (χ3n) is 4.25. The number of halogens is 2. The number of amides is 1. The third kappa shape index (κ3) is 5.41. The lowest BCUT2D eigenvalue weighted by atomic mass is 10.1. The van der Waals surface area contributed by atoms with Crippen LogP contribution in [0.5, 0.6) is 5.75 Å². The molecule has 0 radical (unpaired) electrons. The van der Waals surface area contributed by atoms with E-state index in [4.69, 9.17) is 27.9 Å². The number of benzene rings is 2. The van der Waals surface area contributed by atoms with Crippen LogP contribution in [0.25, 0.3) is 0 Å². The largest absolute Gasteiger partial charge is 0.497 e. The molecule has 0 saturated heterocycles. The predicted octanol–water partition coefficient (Wildman–Crippen LogP) is 4.42. The van der Waals surface area contributed by atoms with Gasteiger partial charge < -0.3 is 10.1 Å². The lowest BCUT2D eigenvalue weighted by Gasteiger charge is -2.09. The summed E-state index contributed by atoms with van der Waals surface area (Å²) in [5, 5.41) is 5.10. The fourth-order valence-corrected chi connectivity index (χ4v) is 4.34. The molecule has 0 spiro atoms. The molecule has 4 nitrogen and oxygen atoms in total. The number of ether oxygens (including phenoxy) is 1. The number of hydrogen-bond acceptors (Lipinski definition) is 4. The Balaban J connectivity index is 1.52. The standard InChI is InChI=1S/C20H20Cl2N2O2S/c1-26-14-5-2-4-13(10-14)8-9-23-20(25)18-12-27-19(24-18)11-15-16(21)6-3-7-17(15)22/h2-7,10,18H,8-9,11-12H2,1H3,(H,23,25). The average Bonchev–Trinajstić information content (AvgIpc) is 3.14. The molecule has 1 amide bonds. The first-order chi connectivity index (χ1) is 13.1. The van der Waals surface area contributed by atoms with Crippen LogP contribution < -0.4 is 10.1 Å². The minimum absolute atomic E-state index is 0.0503. The molecular formula is C20H20Cl2N2O2S. The van der Waals surface area contributed by atoms with Crippen LogP contribution in [0.4, 0.5) is 0 Å². The second-order valence-corrected chi connectivity index (χ2v) is 8.03. The summed E-state index contributed by atoms with van der Waals surface area (Å²) in [5.41, 5.74) is 1.97. The molecule has 2 aromatic rings. The summed E-state index contributed by atoms with van der Waals surface area (Å²) in [6, 6.07) is 12.9. The van der Waals surface area contributed by atoms with Gasteiger partial charge in [0.25, 0.3) is 0 Å². The van der Waals surface area contributed by atoms with Crippen molar-refractivity contribution in [2.24, 2.45) is 4.99 Å². The van der Waals surface area contributed by atoms with Crippen LogP contribution in [-0.4, -0.2) is 36.4 Å². The number of nitrogens with zero attached hydrogens (tertiary/aromatic N) is 1. The SMILES string of the molecule is COc1cccc(CCNC(=O)C2CSC(Cc3c(Cl)cccc3Cl)=N2)c1. The number of aliphatic imine (C=N–C) groups is 1. The molecule has 1 heterocycles. The maximum atomic E-state index is 12.4. The van der Waals surface area contributed by atoms with Crippen LogP contribution in [0.2, 0.25) is 10.0 Å².